The van der Waals surface area contributed by atoms with Gasteiger partial charge in [-0.15, -0.1) is 0 Å². The van der Waals surface area contributed by atoms with Crippen LogP contribution in [-0.2, 0) is 10.0 Å². The predicted octanol–water partition coefficient (Wildman–Crippen LogP) is 5.47. The van der Waals surface area contributed by atoms with Crippen molar-refractivity contribution in [2.24, 2.45) is 0 Å². The van der Waals surface area contributed by atoms with Crippen LogP contribution >= 0.6 is 35.0 Å². The van der Waals surface area contributed by atoms with Gasteiger partial charge in [-0.05, 0) is 55.0 Å². The van der Waals surface area contributed by atoms with E-state index >= 15 is 0 Å². The number of sulfonamides is 1. The number of benzene rings is 3. The highest BCUT2D eigenvalue weighted by molar-refractivity contribution is 8.00. The molecule has 1 saturated heterocycles. The van der Waals surface area contributed by atoms with Crippen molar-refractivity contribution in [2.45, 2.75) is 21.6 Å². The van der Waals surface area contributed by atoms with Crippen molar-refractivity contribution in [2.75, 3.05) is 26.2 Å². The number of amides is 1. The standard InChI is InChI=1S/C25H21Cl2N3O3S2/c1-17-4-2-3-5-22(17)25(31)29-8-10-30(11-9-29)35(32,33)24-12-18(16-28)6-7-23(24)34-21-14-19(26)13-20(27)15-21/h2-7,12-15H,8-11H2,1H3. The molecule has 0 bridgehead atoms. The summed E-state index contributed by atoms with van der Waals surface area (Å²) >= 11 is 13.4. The molecular weight excluding hydrogens is 525 g/mol. The summed E-state index contributed by atoms with van der Waals surface area (Å²) in [5.41, 5.74) is 1.73. The average Bonchev–Trinajstić information content (AvgIpc) is 2.83. The van der Waals surface area contributed by atoms with E-state index in [0.717, 1.165) is 5.56 Å². The maximum Gasteiger partial charge on any atom is 0.254 e. The van der Waals surface area contributed by atoms with Crippen LogP contribution in [0.1, 0.15) is 21.5 Å². The average molecular weight is 547 g/mol. The van der Waals surface area contributed by atoms with E-state index in [9.17, 15) is 18.5 Å². The number of rotatable bonds is 5. The molecule has 1 heterocycles. The van der Waals surface area contributed by atoms with E-state index in [1.165, 1.54) is 22.1 Å². The third kappa shape index (κ3) is 5.66. The van der Waals surface area contributed by atoms with E-state index in [0.29, 0.717) is 25.4 Å². The fraction of sp³-hybridized carbons (Fsp3) is 0.200. The first-order valence-corrected chi connectivity index (χ1v) is 13.7. The number of carbonyl (C=O) groups excluding carboxylic acids is 1. The Bertz CT molecular complexity index is 1410. The molecule has 1 aliphatic rings. The number of aryl methyl sites for hydroxylation is 1. The maximum atomic E-state index is 13.6. The molecule has 0 aliphatic carbocycles. The van der Waals surface area contributed by atoms with Crippen LogP contribution in [0.3, 0.4) is 0 Å². The van der Waals surface area contributed by atoms with E-state index in [4.69, 9.17) is 23.2 Å². The van der Waals surface area contributed by atoms with E-state index in [1.54, 1.807) is 41.3 Å². The first-order chi connectivity index (χ1) is 16.7. The minimum Gasteiger partial charge on any atom is -0.336 e. The third-order valence-corrected chi connectivity index (χ3v) is 9.21. The van der Waals surface area contributed by atoms with Crippen LogP contribution in [0.2, 0.25) is 10.0 Å². The molecule has 0 saturated carbocycles. The summed E-state index contributed by atoms with van der Waals surface area (Å²) in [4.78, 5) is 15.8. The van der Waals surface area contributed by atoms with Gasteiger partial charge in [-0.2, -0.15) is 9.57 Å². The van der Waals surface area contributed by atoms with E-state index in [-0.39, 0.29) is 42.5 Å². The molecule has 0 unspecified atom stereocenters. The number of nitrogens with zero attached hydrogens (tertiary/aromatic N) is 3. The van der Waals surface area contributed by atoms with Gasteiger partial charge < -0.3 is 4.90 Å². The van der Waals surface area contributed by atoms with Crippen molar-refractivity contribution in [3.8, 4) is 6.07 Å². The van der Waals surface area contributed by atoms with E-state index < -0.39 is 10.0 Å². The summed E-state index contributed by atoms with van der Waals surface area (Å²) in [5.74, 6) is -0.110. The lowest BCUT2D eigenvalue weighted by Gasteiger charge is -2.34. The van der Waals surface area contributed by atoms with Gasteiger partial charge in [0.25, 0.3) is 5.91 Å². The lowest BCUT2D eigenvalue weighted by molar-refractivity contribution is 0.0697. The Balaban J connectivity index is 1.58. The minimum absolute atomic E-state index is 0.0383. The molecule has 1 aliphatic heterocycles. The molecule has 1 fully saturated rings. The van der Waals surface area contributed by atoms with Crippen LogP contribution < -0.4 is 0 Å². The Labute approximate surface area is 219 Å². The quantitative estimate of drug-likeness (QED) is 0.424. The molecule has 3 aromatic rings. The SMILES string of the molecule is Cc1ccccc1C(=O)N1CCN(S(=O)(=O)c2cc(C#N)ccc2Sc2cc(Cl)cc(Cl)c2)CC1. The third-order valence-electron chi connectivity index (χ3n) is 5.66. The number of piperazine rings is 1. The van der Waals surface area contributed by atoms with Gasteiger partial charge in [-0.3, -0.25) is 4.79 Å². The second-order valence-electron chi connectivity index (χ2n) is 7.99. The van der Waals surface area contributed by atoms with Gasteiger partial charge in [0.1, 0.15) is 0 Å². The zero-order valence-electron chi connectivity index (χ0n) is 18.7. The Kier molecular flexibility index (Phi) is 7.74. The van der Waals surface area contributed by atoms with Crippen LogP contribution in [0.5, 0.6) is 0 Å². The second-order valence-corrected chi connectivity index (χ2v) is 11.9. The van der Waals surface area contributed by atoms with Gasteiger partial charge in [0.05, 0.1) is 16.5 Å². The van der Waals surface area contributed by atoms with Gasteiger partial charge in [0.2, 0.25) is 10.0 Å². The molecule has 0 N–H and O–H groups in total. The Morgan fingerprint density at radius 1 is 0.971 bits per heavy atom. The highest BCUT2D eigenvalue weighted by Crippen LogP contribution is 2.37. The number of nitriles is 1. The number of halogens is 2. The lowest BCUT2D eigenvalue weighted by atomic mass is 10.1. The van der Waals surface area contributed by atoms with Crippen molar-refractivity contribution >= 4 is 50.9 Å². The summed E-state index contributed by atoms with van der Waals surface area (Å²) < 4.78 is 28.7. The first kappa shape index (κ1) is 25.5. The zero-order valence-corrected chi connectivity index (χ0v) is 21.9. The molecule has 0 spiro atoms. The van der Waals surface area contributed by atoms with Crippen molar-refractivity contribution in [1.82, 2.24) is 9.21 Å². The molecule has 0 radical (unpaired) electrons. The van der Waals surface area contributed by atoms with Crippen LogP contribution in [0.4, 0.5) is 0 Å². The second kappa shape index (κ2) is 10.6. The highest BCUT2D eigenvalue weighted by Gasteiger charge is 2.32. The van der Waals surface area contributed by atoms with E-state index in [1.807, 2.05) is 31.2 Å². The van der Waals surface area contributed by atoms with Gasteiger partial charge in [-0.25, -0.2) is 8.42 Å². The fourth-order valence-corrected chi connectivity index (χ4v) is 7.37. The van der Waals surface area contributed by atoms with E-state index in [2.05, 4.69) is 0 Å². The van der Waals surface area contributed by atoms with Crippen molar-refractivity contribution in [3.05, 3.63) is 87.4 Å². The first-order valence-electron chi connectivity index (χ1n) is 10.7. The summed E-state index contributed by atoms with van der Waals surface area (Å²) in [5, 5.41) is 10.2. The summed E-state index contributed by atoms with van der Waals surface area (Å²) in [6.07, 6.45) is 0. The number of hydrogen-bond donors (Lipinski definition) is 0. The monoisotopic (exact) mass is 545 g/mol. The van der Waals surface area contributed by atoms with Crippen LogP contribution in [-0.4, -0.2) is 49.7 Å². The molecule has 0 atom stereocenters. The smallest absolute Gasteiger partial charge is 0.254 e. The minimum atomic E-state index is -3.93. The summed E-state index contributed by atoms with van der Waals surface area (Å²) in [6, 6.07) is 18.9. The van der Waals surface area contributed by atoms with Gasteiger partial charge in [0.15, 0.2) is 0 Å². The van der Waals surface area contributed by atoms with Crippen molar-refractivity contribution < 1.29 is 13.2 Å². The maximum absolute atomic E-state index is 13.6. The summed E-state index contributed by atoms with van der Waals surface area (Å²) in [6.45, 7) is 2.74. The van der Waals surface area contributed by atoms with Crippen LogP contribution in [0.15, 0.2) is 75.4 Å². The molecule has 180 valence electrons. The molecule has 10 heteroatoms. The number of carbonyl (C=O) groups is 1. The van der Waals surface area contributed by atoms with Crippen LogP contribution in [0, 0.1) is 18.3 Å². The Hall–Kier alpha value is -2.54. The molecule has 0 aromatic heterocycles. The molecular formula is C25H21Cl2N3O3S2. The largest absolute Gasteiger partial charge is 0.336 e. The van der Waals surface area contributed by atoms with Gasteiger partial charge >= 0.3 is 0 Å². The Morgan fingerprint density at radius 3 is 2.26 bits per heavy atom. The number of hydrogen-bond acceptors (Lipinski definition) is 5. The molecule has 35 heavy (non-hydrogen) atoms. The lowest BCUT2D eigenvalue weighted by Crippen LogP contribution is -2.50. The molecule has 4 rings (SSSR count). The topological polar surface area (TPSA) is 81.5 Å². The van der Waals surface area contributed by atoms with Crippen molar-refractivity contribution in [3.63, 3.8) is 0 Å². The fourth-order valence-electron chi connectivity index (χ4n) is 3.83. The van der Waals surface area contributed by atoms with Crippen LogP contribution in [0.25, 0.3) is 0 Å². The molecule has 3 aromatic carbocycles. The Morgan fingerprint density at radius 2 is 1.63 bits per heavy atom. The highest BCUT2D eigenvalue weighted by atomic mass is 35.5. The summed E-state index contributed by atoms with van der Waals surface area (Å²) in [7, 11) is -3.93. The molecule has 6 nitrogen and oxygen atoms in total. The van der Waals surface area contributed by atoms with Gasteiger partial charge in [0, 0.05) is 51.6 Å². The van der Waals surface area contributed by atoms with Crippen molar-refractivity contribution in [1.29, 1.82) is 5.26 Å². The normalized spacial score (nSPS) is 14.5. The predicted molar refractivity (Wildman–Crippen MR) is 138 cm³/mol. The zero-order chi connectivity index (χ0) is 25.2. The van der Waals surface area contributed by atoms with Gasteiger partial charge in [-0.1, -0.05) is 53.2 Å². The molecule has 1 amide bonds.